The quantitative estimate of drug-likeness (QED) is 0.721. The lowest BCUT2D eigenvalue weighted by Crippen LogP contribution is -2.05. The highest BCUT2D eigenvalue weighted by atomic mass is 32.2. The van der Waals surface area contributed by atoms with Crippen LogP contribution in [0.1, 0.15) is 11.5 Å². The third-order valence-corrected chi connectivity index (χ3v) is 2.53. The molecule has 76 valence electrons. The van der Waals surface area contributed by atoms with Crippen LogP contribution in [0, 0.1) is 11.3 Å². The van der Waals surface area contributed by atoms with E-state index >= 15 is 0 Å². The zero-order chi connectivity index (χ0) is 10.6. The highest BCUT2D eigenvalue weighted by Gasteiger charge is 2.07. The second kappa shape index (κ2) is 4.24. The van der Waals surface area contributed by atoms with Gasteiger partial charge in [-0.05, 0) is 0 Å². The van der Waals surface area contributed by atoms with Gasteiger partial charge in [-0.25, -0.2) is 8.42 Å². The predicted molar refractivity (Wildman–Crippen MR) is 49.2 cm³/mol. The summed E-state index contributed by atoms with van der Waals surface area (Å²) in [5.74, 6) is 0.537. The monoisotopic (exact) mass is 214 g/mol. The number of hydrogen-bond acceptors (Lipinski definition) is 5. The number of nitriles is 1. The van der Waals surface area contributed by atoms with Crippen molar-refractivity contribution in [3.05, 3.63) is 17.5 Å². The summed E-state index contributed by atoms with van der Waals surface area (Å²) in [6, 6.07) is 3.53. The van der Waals surface area contributed by atoms with Gasteiger partial charge in [-0.2, -0.15) is 5.26 Å². The average Bonchev–Trinajstić information content (AvgIpc) is 2.49. The fourth-order valence-corrected chi connectivity index (χ4v) is 1.50. The van der Waals surface area contributed by atoms with Crippen LogP contribution < -0.4 is 0 Å². The summed E-state index contributed by atoms with van der Waals surface area (Å²) in [5, 5.41) is 12.0. The van der Waals surface area contributed by atoms with Gasteiger partial charge in [0.05, 0.1) is 23.9 Å². The van der Waals surface area contributed by atoms with Gasteiger partial charge in [0.1, 0.15) is 15.6 Å². The first-order valence-corrected chi connectivity index (χ1v) is 6.06. The smallest absolute Gasteiger partial charge is 0.147 e. The lowest BCUT2D eigenvalue weighted by atomic mass is 10.3. The van der Waals surface area contributed by atoms with Crippen LogP contribution in [0.15, 0.2) is 10.6 Å². The molecule has 0 aromatic carbocycles. The van der Waals surface area contributed by atoms with Crippen LogP contribution in [0.4, 0.5) is 0 Å². The average molecular weight is 214 g/mol. The van der Waals surface area contributed by atoms with E-state index in [0.717, 1.165) is 0 Å². The predicted octanol–water partition coefficient (Wildman–Crippen LogP) is 0.328. The lowest BCUT2D eigenvalue weighted by Gasteiger charge is -1.92. The maximum atomic E-state index is 10.8. The highest BCUT2D eigenvalue weighted by molar-refractivity contribution is 7.90. The number of nitrogens with zero attached hydrogens (tertiary/aromatic N) is 2. The topological polar surface area (TPSA) is 84.0 Å². The van der Waals surface area contributed by atoms with Crippen LogP contribution in [-0.2, 0) is 22.7 Å². The summed E-state index contributed by atoms with van der Waals surface area (Å²) in [4.78, 5) is 0. The van der Waals surface area contributed by atoms with E-state index in [1.165, 1.54) is 6.26 Å². The second-order valence-electron chi connectivity index (χ2n) is 3.00. The fourth-order valence-electron chi connectivity index (χ4n) is 0.924. The summed E-state index contributed by atoms with van der Waals surface area (Å²) in [6.07, 6.45) is 1.65. The van der Waals surface area contributed by atoms with E-state index in [4.69, 9.17) is 9.78 Å². The first-order chi connectivity index (χ1) is 6.51. The largest absolute Gasteiger partial charge is 0.361 e. The Hall–Kier alpha value is -1.35. The molecule has 0 aliphatic heterocycles. The van der Waals surface area contributed by atoms with Gasteiger partial charge in [0.15, 0.2) is 0 Å². The molecular weight excluding hydrogens is 204 g/mol. The zero-order valence-electron chi connectivity index (χ0n) is 7.73. The lowest BCUT2D eigenvalue weighted by molar-refractivity contribution is 0.382. The van der Waals surface area contributed by atoms with Gasteiger partial charge >= 0.3 is 0 Å². The van der Waals surface area contributed by atoms with E-state index in [1.807, 2.05) is 6.07 Å². The van der Waals surface area contributed by atoms with Gasteiger partial charge in [0.25, 0.3) is 0 Å². The summed E-state index contributed by atoms with van der Waals surface area (Å²) in [7, 11) is -2.98. The van der Waals surface area contributed by atoms with Gasteiger partial charge in [0.2, 0.25) is 0 Å². The maximum Gasteiger partial charge on any atom is 0.147 e. The summed E-state index contributed by atoms with van der Waals surface area (Å²) >= 11 is 0. The first kappa shape index (κ1) is 10.7. The second-order valence-corrected chi connectivity index (χ2v) is 5.26. The minimum absolute atomic E-state index is 0.0359. The molecule has 0 unspecified atom stereocenters. The van der Waals surface area contributed by atoms with Crippen molar-refractivity contribution in [1.82, 2.24) is 5.16 Å². The number of rotatable bonds is 4. The Morgan fingerprint density at radius 1 is 1.64 bits per heavy atom. The third kappa shape index (κ3) is 3.58. The van der Waals surface area contributed by atoms with Crippen molar-refractivity contribution in [2.45, 2.75) is 12.8 Å². The third-order valence-electron chi connectivity index (χ3n) is 1.59. The molecule has 1 heterocycles. The van der Waals surface area contributed by atoms with E-state index in [9.17, 15) is 8.42 Å². The van der Waals surface area contributed by atoms with Crippen molar-refractivity contribution >= 4 is 9.84 Å². The molecule has 0 aliphatic carbocycles. The standard InChI is InChI=1S/C8H10N2O3S/c1-14(11,12)5-3-8-6-7(2-4-9)10-13-8/h6H,2-3,5H2,1H3. The molecule has 0 amide bonds. The number of aromatic nitrogens is 1. The zero-order valence-corrected chi connectivity index (χ0v) is 8.54. The molecule has 6 heteroatoms. The van der Waals surface area contributed by atoms with Crippen LogP contribution in [-0.4, -0.2) is 25.6 Å². The first-order valence-electron chi connectivity index (χ1n) is 4.00. The van der Waals surface area contributed by atoms with Crippen molar-refractivity contribution in [3.8, 4) is 6.07 Å². The van der Waals surface area contributed by atoms with Crippen LogP contribution in [0.3, 0.4) is 0 Å². The van der Waals surface area contributed by atoms with E-state index in [-0.39, 0.29) is 12.2 Å². The van der Waals surface area contributed by atoms with Gasteiger partial charge in [-0.15, -0.1) is 0 Å². The molecule has 1 aromatic heterocycles. The Balaban J connectivity index is 2.57. The normalized spacial score (nSPS) is 11.1. The highest BCUT2D eigenvalue weighted by Crippen LogP contribution is 2.05. The Bertz CT molecular complexity index is 441. The Labute approximate surface area is 82.2 Å². The molecule has 14 heavy (non-hydrogen) atoms. The van der Waals surface area contributed by atoms with E-state index in [0.29, 0.717) is 17.9 Å². The van der Waals surface area contributed by atoms with Gasteiger partial charge in [-0.1, -0.05) is 5.16 Å². The van der Waals surface area contributed by atoms with Crippen molar-refractivity contribution in [2.24, 2.45) is 0 Å². The molecule has 1 rings (SSSR count). The SMILES string of the molecule is CS(=O)(=O)CCc1cc(CC#N)no1. The van der Waals surface area contributed by atoms with E-state index < -0.39 is 9.84 Å². The maximum absolute atomic E-state index is 10.8. The molecular formula is C8H10N2O3S. The Morgan fingerprint density at radius 3 is 2.93 bits per heavy atom. The molecule has 0 N–H and O–H groups in total. The van der Waals surface area contributed by atoms with E-state index in [2.05, 4.69) is 5.16 Å². The van der Waals surface area contributed by atoms with Crippen LogP contribution in [0.2, 0.25) is 0 Å². The van der Waals surface area contributed by atoms with Crippen LogP contribution >= 0.6 is 0 Å². The van der Waals surface area contributed by atoms with E-state index in [1.54, 1.807) is 6.07 Å². The molecule has 1 aromatic rings. The molecule has 0 saturated heterocycles. The molecule has 0 bridgehead atoms. The van der Waals surface area contributed by atoms with Crippen LogP contribution in [0.5, 0.6) is 0 Å². The fraction of sp³-hybridized carbons (Fsp3) is 0.500. The molecule has 0 radical (unpaired) electrons. The minimum atomic E-state index is -2.98. The van der Waals surface area contributed by atoms with Crippen molar-refractivity contribution in [2.75, 3.05) is 12.0 Å². The molecule has 5 nitrogen and oxygen atoms in total. The molecule has 0 aliphatic rings. The van der Waals surface area contributed by atoms with Crippen molar-refractivity contribution in [1.29, 1.82) is 5.26 Å². The van der Waals surface area contributed by atoms with Crippen LogP contribution in [0.25, 0.3) is 0 Å². The van der Waals surface area contributed by atoms with Gasteiger partial charge < -0.3 is 4.52 Å². The number of hydrogen-bond donors (Lipinski definition) is 0. The number of aryl methyl sites for hydroxylation is 1. The summed E-state index contributed by atoms with van der Waals surface area (Å²) in [6.45, 7) is 0. The van der Waals surface area contributed by atoms with Gasteiger partial charge in [-0.3, -0.25) is 0 Å². The molecule has 0 fully saturated rings. The minimum Gasteiger partial charge on any atom is -0.361 e. The molecule has 0 spiro atoms. The molecule has 0 atom stereocenters. The Kier molecular flexibility index (Phi) is 3.25. The number of sulfone groups is 1. The Morgan fingerprint density at radius 2 is 2.36 bits per heavy atom. The van der Waals surface area contributed by atoms with Crippen molar-refractivity contribution in [3.63, 3.8) is 0 Å². The van der Waals surface area contributed by atoms with Gasteiger partial charge in [0, 0.05) is 18.7 Å². The summed E-state index contributed by atoms with van der Waals surface area (Å²) in [5.41, 5.74) is 0.538. The summed E-state index contributed by atoms with van der Waals surface area (Å²) < 4.78 is 26.5. The van der Waals surface area contributed by atoms with Crippen molar-refractivity contribution < 1.29 is 12.9 Å². The molecule has 0 saturated carbocycles.